The van der Waals surface area contributed by atoms with Crippen LogP contribution in [0.15, 0.2) is 0 Å². The van der Waals surface area contributed by atoms with Crippen LogP contribution in [0.25, 0.3) is 0 Å². The Kier molecular flexibility index (Phi) is 7.56. The van der Waals surface area contributed by atoms with Gasteiger partial charge in [0, 0.05) is 57.8 Å². The Morgan fingerprint density at radius 1 is 0.897 bits per heavy atom. The van der Waals surface area contributed by atoms with E-state index in [9.17, 15) is 18.0 Å². The number of likely N-dealkylation sites (tertiary alicyclic amines) is 1. The van der Waals surface area contributed by atoms with E-state index in [4.69, 9.17) is 0 Å². The Bertz CT molecular complexity index is 683. The zero-order chi connectivity index (χ0) is 21.0. The summed E-state index contributed by atoms with van der Waals surface area (Å²) in [4.78, 5) is 31.6. The van der Waals surface area contributed by atoms with Crippen molar-refractivity contribution in [2.24, 2.45) is 5.92 Å². The van der Waals surface area contributed by atoms with Gasteiger partial charge < -0.3 is 9.80 Å². The number of hydrogen-bond donors (Lipinski definition) is 0. The Morgan fingerprint density at radius 3 is 2.14 bits per heavy atom. The van der Waals surface area contributed by atoms with Crippen LogP contribution in [-0.2, 0) is 19.6 Å². The highest BCUT2D eigenvalue weighted by Gasteiger charge is 2.34. The zero-order valence-electron chi connectivity index (χ0n) is 17.9. The Hall–Kier alpha value is -1.19. The second-order valence-electron chi connectivity index (χ2n) is 8.61. The van der Waals surface area contributed by atoms with E-state index in [0.717, 1.165) is 32.5 Å². The highest BCUT2D eigenvalue weighted by Crippen LogP contribution is 2.23. The van der Waals surface area contributed by atoms with E-state index in [2.05, 4.69) is 11.8 Å². The van der Waals surface area contributed by atoms with Gasteiger partial charge in [-0.1, -0.05) is 0 Å². The minimum absolute atomic E-state index is 0.0827. The number of carbonyl (C=O) groups excluding carboxylic acids is 2. The van der Waals surface area contributed by atoms with E-state index in [0.29, 0.717) is 51.6 Å². The topological polar surface area (TPSA) is 81.2 Å². The molecule has 0 N–H and O–H groups in total. The smallest absolute Gasteiger partial charge is 0.236 e. The van der Waals surface area contributed by atoms with Crippen LogP contribution in [0.2, 0.25) is 0 Å². The summed E-state index contributed by atoms with van der Waals surface area (Å²) in [5.41, 5.74) is 0. The number of piperazine rings is 1. The van der Waals surface area contributed by atoms with Gasteiger partial charge in [-0.2, -0.15) is 0 Å². The highest BCUT2D eigenvalue weighted by atomic mass is 32.2. The lowest BCUT2D eigenvalue weighted by atomic mass is 9.96. The molecule has 0 bridgehead atoms. The molecule has 3 aliphatic heterocycles. The molecule has 3 heterocycles. The molecule has 0 aromatic heterocycles. The number of amides is 2. The molecule has 9 heteroatoms. The van der Waals surface area contributed by atoms with Crippen molar-refractivity contribution in [3.05, 3.63) is 0 Å². The molecule has 8 nitrogen and oxygen atoms in total. The monoisotopic (exact) mass is 428 g/mol. The Morgan fingerprint density at radius 2 is 1.55 bits per heavy atom. The maximum absolute atomic E-state index is 12.9. The number of hydrogen-bond acceptors (Lipinski definition) is 5. The van der Waals surface area contributed by atoms with Gasteiger partial charge in [0.1, 0.15) is 0 Å². The van der Waals surface area contributed by atoms with Crippen LogP contribution in [0.4, 0.5) is 0 Å². The first-order valence-corrected chi connectivity index (χ1v) is 12.7. The van der Waals surface area contributed by atoms with E-state index in [1.54, 1.807) is 6.92 Å². The largest absolute Gasteiger partial charge is 0.340 e. The van der Waals surface area contributed by atoms with Crippen molar-refractivity contribution in [3.8, 4) is 0 Å². The maximum Gasteiger partial charge on any atom is 0.236 e. The first kappa shape index (κ1) is 22.5. The van der Waals surface area contributed by atoms with Crippen LogP contribution in [0, 0.1) is 5.92 Å². The Labute approximate surface area is 175 Å². The predicted octanol–water partition coefficient (Wildman–Crippen LogP) is 0.593. The predicted molar refractivity (Wildman–Crippen MR) is 112 cm³/mol. The van der Waals surface area contributed by atoms with E-state index in [-0.39, 0.29) is 23.5 Å². The first-order valence-electron chi connectivity index (χ1n) is 11.1. The van der Waals surface area contributed by atoms with Crippen molar-refractivity contribution in [2.45, 2.75) is 52.0 Å². The fourth-order valence-electron chi connectivity index (χ4n) is 4.70. The molecule has 29 heavy (non-hydrogen) atoms. The summed E-state index contributed by atoms with van der Waals surface area (Å²) in [5.74, 6) is 0.388. The first-order chi connectivity index (χ1) is 13.8. The number of sulfonamides is 1. The summed E-state index contributed by atoms with van der Waals surface area (Å²) in [7, 11) is -3.16. The summed E-state index contributed by atoms with van der Waals surface area (Å²) in [6.07, 6.45) is 4.59. The molecule has 3 aliphatic rings. The molecule has 0 saturated carbocycles. The molecule has 0 aliphatic carbocycles. The molecule has 0 radical (unpaired) electrons. The molecular weight excluding hydrogens is 392 g/mol. The third-order valence-corrected chi connectivity index (χ3v) is 8.61. The molecule has 3 fully saturated rings. The second kappa shape index (κ2) is 9.75. The van der Waals surface area contributed by atoms with Crippen LogP contribution in [0.5, 0.6) is 0 Å². The third-order valence-electron chi connectivity index (χ3n) is 6.73. The lowest BCUT2D eigenvalue weighted by Crippen LogP contribution is -2.54. The maximum atomic E-state index is 12.9. The fourth-order valence-corrected chi connectivity index (χ4v) is 5.83. The van der Waals surface area contributed by atoms with Gasteiger partial charge in [0.15, 0.2) is 0 Å². The molecule has 166 valence electrons. The lowest BCUT2D eigenvalue weighted by Gasteiger charge is -2.39. The summed E-state index contributed by atoms with van der Waals surface area (Å²) >= 11 is 0. The molecule has 3 saturated heterocycles. The van der Waals surface area contributed by atoms with Gasteiger partial charge >= 0.3 is 0 Å². The van der Waals surface area contributed by atoms with Gasteiger partial charge in [-0.25, -0.2) is 12.7 Å². The molecular formula is C20H36N4O4S. The molecule has 0 aromatic carbocycles. The minimum atomic E-state index is -3.16. The van der Waals surface area contributed by atoms with Gasteiger partial charge in [0.25, 0.3) is 0 Å². The zero-order valence-corrected chi connectivity index (χ0v) is 18.7. The number of piperidine rings is 2. The average Bonchev–Trinajstić information content (AvgIpc) is 2.74. The summed E-state index contributed by atoms with van der Waals surface area (Å²) < 4.78 is 25.5. The highest BCUT2D eigenvalue weighted by molar-refractivity contribution is 7.89. The van der Waals surface area contributed by atoms with Crippen molar-refractivity contribution in [1.82, 2.24) is 19.0 Å². The second-order valence-corrected chi connectivity index (χ2v) is 10.9. The van der Waals surface area contributed by atoms with Crippen molar-refractivity contribution < 1.29 is 18.0 Å². The molecule has 2 amide bonds. The molecule has 0 aromatic rings. The van der Waals surface area contributed by atoms with Gasteiger partial charge in [-0.3, -0.25) is 14.5 Å². The van der Waals surface area contributed by atoms with Crippen molar-refractivity contribution >= 4 is 21.8 Å². The van der Waals surface area contributed by atoms with Crippen LogP contribution in [-0.4, -0.2) is 103 Å². The van der Waals surface area contributed by atoms with Crippen LogP contribution in [0.1, 0.15) is 46.0 Å². The number of carbonyl (C=O) groups is 2. The van der Waals surface area contributed by atoms with Crippen molar-refractivity contribution in [2.75, 3.05) is 58.1 Å². The van der Waals surface area contributed by atoms with E-state index in [1.807, 2.05) is 9.80 Å². The molecule has 0 spiro atoms. The molecule has 3 rings (SSSR count). The van der Waals surface area contributed by atoms with Crippen LogP contribution >= 0.6 is 0 Å². The van der Waals surface area contributed by atoms with Gasteiger partial charge in [-0.05, 0) is 46.0 Å². The standard InChI is InChI=1S/C20H36N4O4S/c1-3-29(27,28)23-10-7-18(8-11-23)20(26)22-14-12-21(13-15-22)16-19(25)24-9-5-4-6-17(24)2/h17-18H,3-16H2,1-2H3. The molecule has 1 unspecified atom stereocenters. The third kappa shape index (κ3) is 5.49. The van der Waals surface area contributed by atoms with Gasteiger partial charge in [-0.15, -0.1) is 0 Å². The van der Waals surface area contributed by atoms with Crippen molar-refractivity contribution in [1.29, 1.82) is 0 Å². The summed E-state index contributed by atoms with van der Waals surface area (Å²) in [6.45, 7) is 8.72. The van der Waals surface area contributed by atoms with Gasteiger partial charge in [0.05, 0.1) is 12.3 Å². The van der Waals surface area contributed by atoms with Crippen LogP contribution in [0.3, 0.4) is 0 Å². The van der Waals surface area contributed by atoms with Crippen molar-refractivity contribution in [3.63, 3.8) is 0 Å². The van der Waals surface area contributed by atoms with E-state index < -0.39 is 10.0 Å². The van der Waals surface area contributed by atoms with E-state index in [1.165, 1.54) is 10.7 Å². The normalized spacial score (nSPS) is 25.9. The summed E-state index contributed by atoms with van der Waals surface area (Å²) in [5, 5.41) is 0. The lowest BCUT2D eigenvalue weighted by molar-refractivity contribution is -0.140. The number of nitrogens with zero attached hydrogens (tertiary/aromatic N) is 4. The van der Waals surface area contributed by atoms with E-state index >= 15 is 0 Å². The quantitative estimate of drug-likeness (QED) is 0.640. The average molecular weight is 429 g/mol. The SMILES string of the molecule is CCS(=O)(=O)N1CCC(C(=O)N2CCN(CC(=O)N3CCCCC3C)CC2)CC1. The number of rotatable bonds is 5. The van der Waals surface area contributed by atoms with Crippen LogP contribution < -0.4 is 0 Å². The minimum Gasteiger partial charge on any atom is -0.340 e. The summed E-state index contributed by atoms with van der Waals surface area (Å²) in [6, 6.07) is 0.335. The molecule has 1 atom stereocenters. The Balaban J connectivity index is 1.42. The van der Waals surface area contributed by atoms with Gasteiger partial charge in [0.2, 0.25) is 21.8 Å². The fraction of sp³-hybridized carbons (Fsp3) is 0.900.